The lowest BCUT2D eigenvalue weighted by molar-refractivity contribution is -0.154. The van der Waals surface area contributed by atoms with Crippen LogP contribution in [0.1, 0.15) is 194 Å². The zero-order chi connectivity index (χ0) is 46.7. The Bertz CT molecular complexity index is 1320. The van der Waals surface area contributed by atoms with Crippen LogP contribution in [0.2, 0.25) is 0 Å². The zero-order valence-electron chi connectivity index (χ0n) is 40.5. The van der Waals surface area contributed by atoms with Crippen LogP contribution in [0.15, 0.2) is 97.2 Å². The van der Waals surface area contributed by atoms with Gasteiger partial charge in [0.1, 0.15) is 12.2 Å². The Hall–Kier alpha value is -2.62. The fraction of sp³-hybridized carbons (Fsp3) is 0.685. The van der Waals surface area contributed by atoms with E-state index in [-0.39, 0.29) is 13.0 Å². The van der Waals surface area contributed by atoms with Gasteiger partial charge in [-0.25, -0.2) is 4.57 Å². The summed E-state index contributed by atoms with van der Waals surface area (Å²) in [4.78, 5) is 22.7. The normalized spacial score (nSPS) is 14.6. The van der Waals surface area contributed by atoms with Crippen molar-refractivity contribution in [1.82, 2.24) is 0 Å². The van der Waals surface area contributed by atoms with E-state index in [0.717, 1.165) is 109 Å². The molecule has 0 saturated carbocycles. The first kappa shape index (κ1) is 61.4. The van der Waals surface area contributed by atoms with Crippen molar-refractivity contribution in [1.29, 1.82) is 0 Å². The van der Waals surface area contributed by atoms with E-state index in [1.807, 2.05) is 0 Å². The number of hydrogen-bond acceptors (Lipinski definition) is 8. The van der Waals surface area contributed by atoms with E-state index >= 15 is 0 Å². The first-order valence-electron chi connectivity index (χ1n) is 25.2. The first-order chi connectivity index (χ1) is 31.3. The standard InChI is InChI=1S/C54H93O9P/c1-3-5-7-9-11-13-15-17-19-21-23-24-25-26-27-29-31-33-35-37-39-41-43-45-47-60-50-53(51-62-64(58,59)61-49-52(56)48-55)63-54(57)46-44-42-40-38-36-34-32-30-28-22-20-18-16-14-12-10-8-6-4-2/h5,7,11-14,17-20,23-24,26-28,30,52-53,55-56H,3-4,6,8-10,15-16,21-22,25,29,31-51H2,1-2H3,(H,58,59)/b7-5-,13-11-,14-12-,19-17-,20-18-,24-23-,27-26-,30-28-. The molecule has 3 unspecified atom stereocenters. The quantitative estimate of drug-likeness (QED) is 0.0236. The summed E-state index contributed by atoms with van der Waals surface area (Å²) in [5, 5.41) is 18.4. The van der Waals surface area contributed by atoms with Crippen LogP contribution < -0.4 is 0 Å². The van der Waals surface area contributed by atoms with Gasteiger partial charge in [-0.2, -0.15) is 0 Å². The largest absolute Gasteiger partial charge is 0.472 e. The van der Waals surface area contributed by atoms with Crippen LogP contribution in [0.3, 0.4) is 0 Å². The van der Waals surface area contributed by atoms with Crippen molar-refractivity contribution in [2.45, 2.75) is 206 Å². The van der Waals surface area contributed by atoms with Crippen LogP contribution in [0.4, 0.5) is 0 Å². The Balaban J connectivity index is 4.16. The fourth-order valence-corrected chi connectivity index (χ4v) is 7.24. The third-order valence-electron chi connectivity index (χ3n) is 10.3. The van der Waals surface area contributed by atoms with Gasteiger partial charge in [0.05, 0.1) is 26.4 Å². The van der Waals surface area contributed by atoms with E-state index in [1.165, 1.54) is 57.8 Å². The highest BCUT2D eigenvalue weighted by Crippen LogP contribution is 2.43. The van der Waals surface area contributed by atoms with Gasteiger partial charge < -0.3 is 24.6 Å². The Morgan fingerprint density at radius 1 is 0.500 bits per heavy atom. The van der Waals surface area contributed by atoms with Crippen molar-refractivity contribution in [2.24, 2.45) is 0 Å². The summed E-state index contributed by atoms with van der Waals surface area (Å²) in [7, 11) is -4.54. The smallest absolute Gasteiger partial charge is 0.457 e. The predicted molar refractivity (Wildman–Crippen MR) is 269 cm³/mol. The number of ether oxygens (including phenoxy) is 2. The second-order valence-corrected chi connectivity index (χ2v) is 17.9. The van der Waals surface area contributed by atoms with E-state index < -0.39 is 45.8 Å². The lowest BCUT2D eigenvalue weighted by atomic mass is 10.1. The number of carbonyl (C=O) groups is 1. The van der Waals surface area contributed by atoms with Gasteiger partial charge in [0.25, 0.3) is 0 Å². The molecular weight excluding hydrogens is 824 g/mol. The Labute approximate surface area is 391 Å². The molecule has 0 radical (unpaired) electrons. The number of aliphatic hydroxyl groups is 2. The monoisotopic (exact) mass is 917 g/mol. The number of esters is 1. The number of phosphoric acid groups is 1. The van der Waals surface area contributed by atoms with E-state index in [0.29, 0.717) is 13.0 Å². The molecule has 0 amide bonds. The summed E-state index contributed by atoms with van der Waals surface area (Å²) in [6.45, 7) is 3.33. The number of allylic oxidation sites excluding steroid dienone is 16. The molecule has 0 aromatic carbocycles. The molecule has 0 saturated heterocycles. The highest BCUT2D eigenvalue weighted by atomic mass is 31.2. The topological polar surface area (TPSA) is 132 Å². The van der Waals surface area contributed by atoms with E-state index in [2.05, 4.69) is 111 Å². The molecule has 3 N–H and O–H groups in total. The van der Waals surface area contributed by atoms with Crippen molar-refractivity contribution in [3.05, 3.63) is 97.2 Å². The van der Waals surface area contributed by atoms with Gasteiger partial charge in [0.2, 0.25) is 0 Å². The molecule has 368 valence electrons. The number of aliphatic hydroxyl groups excluding tert-OH is 2. The molecule has 0 bridgehead atoms. The van der Waals surface area contributed by atoms with E-state index in [4.69, 9.17) is 23.6 Å². The minimum atomic E-state index is -4.54. The molecule has 64 heavy (non-hydrogen) atoms. The Morgan fingerprint density at radius 3 is 1.34 bits per heavy atom. The summed E-state index contributed by atoms with van der Waals surface area (Å²) in [6.07, 6.45) is 63.6. The third-order valence-corrected chi connectivity index (χ3v) is 11.2. The third kappa shape index (κ3) is 48.8. The maximum absolute atomic E-state index is 12.7. The van der Waals surface area contributed by atoms with Crippen LogP contribution in [-0.4, -0.2) is 66.3 Å². The minimum absolute atomic E-state index is 0.0319. The summed E-state index contributed by atoms with van der Waals surface area (Å²) in [6, 6.07) is 0. The van der Waals surface area contributed by atoms with Crippen molar-refractivity contribution >= 4 is 13.8 Å². The van der Waals surface area contributed by atoms with Crippen LogP contribution >= 0.6 is 7.82 Å². The van der Waals surface area contributed by atoms with Crippen molar-refractivity contribution < 1.29 is 43.0 Å². The number of carbonyl (C=O) groups excluding carboxylic acids is 1. The second kappa shape index (κ2) is 49.8. The molecule has 0 aliphatic heterocycles. The second-order valence-electron chi connectivity index (χ2n) is 16.4. The predicted octanol–water partition coefficient (Wildman–Crippen LogP) is 14.8. The SMILES string of the molecule is CC/C=C\C/C=C\C/C=C\C/C=C\C/C=C\CCCCCCCCCCOCC(COP(=O)(O)OCC(O)CO)OC(=O)CCCCCCCC/C=C\C/C=C\C/C=C\CCCCC. The molecule has 0 fully saturated rings. The highest BCUT2D eigenvalue weighted by molar-refractivity contribution is 7.47. The number of phosphoric ester groups is 1. The van der Waals surface area contributed by atoms with Gasteiger partial charge in [0, 0.05) is 13.0 Å². The Morgan fingerprint density at radius 2 is 0.891 bits per heavy atom. The molecule has 9 nitrogen and oxygen atoms in total. The maximum atomic E-state index is 12.7. The summed E-state index contributed by atoms with van der Waals surface area (Å²) in [5.41, 5.74) is 0. The average Bonchev–Trinajstić information content (AvgIpc) is 3.29. The van der Waals surface area contributed by atoms with Gasteiger partial charge in [-0.15, -0.1) is 0 Å². The summed E-state index contributed by atoms with van der Waals surface area (Å²) < 4.78 is 33.5. The van der Waals surface area contributed by atoms with Gasteiger partial charge in [-0.1, -0.05) is 188 Å². The zero-order valence-corrected chi connectivity index (χ0v) is 41.4. The fourth-order valence-electron chi connectivity index (χ4n) is 6.45. The van der Waals surface area contributed by atoms with Crippen molar-refractivity contribution in [2.75, 3.05) is 33.0 Å². The number of rotatable bonds is 47. The molecule has 0 aromatic rings. The molecule has 0 aromatic heterocycles. The molecule has 0 aliphatic rings. The minimum Gasteiger partial charge on any atom is -0.457 e. The highest BCUT2D eigenvalue weighted by Gasteiger charge is 2.26. The van der Waals surface area contributed by atoms with Crippen LogP contribution in [-0.2, 0) is 27.9 Å². The lowest BCUT2D eigenvalue weighted by Crippen LogP contribution is -2.29. The molecule has 0 aliphatic carbocycles. The van der Waals surface area contributed by atoms with Gasteiger partial charge in [-0.05, 0) is 96.3 Å². The van der Waals surface area contributed by atoms with E-state index in [9.17, 15) is 19.4 Å². The van der Waals surface area contributed by atoms with Crippen molar-refractivity contribution in [3.8, 4) is 0 Å². The molecule has 0 spiro atoms. The average molecular weight is 917 g/mol. The molecule has 0 heterocycles. The molecule has 10 heteroatoms. The van der Waals surface area contributed by atoms with Crippen LogP contribution in [0.25, 0.3) is 0 Å². The number of unbranched alkanes of at least 4 members (excludes halogenated alkanes) is 17. The van der Waals surface area contributed by atoms with Gasteiger partial charge >= 0.3 is 13.8 Å². The van der Waals surface area contributed by atoms with Gasteiger partial charge in [0.15, 0.2) is 0 Å². The lowest BCUT2D eigenvalue weighted by Gasteiger charge is -2.20. The van der Waals surface area contributed by atoms with Crippen molar-refractivity contribution in [3.63, 3.8) is 0 Å². The maximum Gasteiger partial charge on any atom is 0.472 e. The van der Waals surface area contributed by atoms with Gasteiger partial charge in [-0.3, -0.25) is 13.8 Å². The summed E-state index contributed by atoms with van der Waals surface area (Å²) in [5.74, 6) is -0.401. The van der Waals surface area contributed by atoms with Crippen LogP contribution in [0.5, 0.6) is 0 Å². The Kier molecular flexibility index (Phi) is 47.8. The molecule has 3 atom stereocenters. The number of hydrogen-bond donors (Lipinski definition) is 3. The first-order valence-corrected chi connectivity index (χ1v) is 26.7. The molecule has 0 rings (SSSR count). The molecular formula is C54H93O9P. The van der Waals surface area contributed by atoms with Crippen LogP contribution in [0, 0.1) is 0 Å². The summed E-state index contributed by atoms with van der Waals surface area (Å²) >= 11 is 0. The van der Waals surface area contributed by atoms with E-state index in [1.54, 1.807) is 0 Å².